The van der Waals surface area contributed by atoms with E-state index >= 15 is 0 Å². The highest BCUT2D eigenvalue weighted by atomic mass is 31.2. The summed E-state index contributed by atoms with van der Waals surface area (Å²) in [6.07, 6.45) is 0. The molecule has 0 aliphatic rings. The lowest BCUT2D eigenvalue weighted by atomic mass is 10.6. The van der Waals surface area contributed by atoms with Crippen molar-refractivity contribution >= 4 is 13.7 Å². The number of furan rings is 1. The topological polar surface area (TPSA) is 101 Å². The molecule has 0 aliphatic carbocycles. The van der Waals surface area contributed by atoms with Gasteiger partial charge in [0.1, 0.15) is 4.92 Å². The quantitative estimate of drug-likeness (QED) is 0.438. The summed E-state index contributed by atoms with van der Waals surface area (Å²) >= 11 is 0. The molecule has 0 spiro atoms. The highest BCUT2D eigenvalue weighted by molar-refractivity contribution is 7.48. The summed E-state index contributed by atoms with van der Waals surface area (Å²) in [5, 5.41) is 10.2. The highest BCUT2D eigenvalue weighted by Gasteiger charge is 2.27. The standard InChI is InChI=1S/C6H8NO7P/c1-11-15(10,12-2)14-6-4-3-5(13-6)7(8)9/h3-4H,1-2H3. The van der Waals surface area contributed by atoms with Crippen LogP contribution in [0.1, 0.15) is 0 Å². The van der Waals surface area contributed by atoms with Crippen molar-refractivity contribution in [3.63, 3.8) is 0 Å². The van der Waals surface area contributed by atoms with E-state index in [1.807, 2.05) is 0 Å². The molecule has 1 rings (SSSR count). The van der Waals surface area contributed by atoms with E-state index in [2.05, 4.69) is 18.0 Å². The van der Waals surface area contributed by atoms with Crippen LogP contribution in [0.4, 0.5) is 5.88 Å². The van der Waals surface area contributed by atoms with E-state index in [9.17, 15) is 14.7 Å². The maximum absolute atomic E-state index is 11.4. The number of phosphoric ester groups is 1. The largest absolute Gasteiger partial charge is 0.531 e. The summed E-state index contributed by atoms with van der Waals surface area (Å²) in [6, 6.07) is 2.20. The highest BCUT2D eigenvalue weighted by Crippen LogP contribution is 2.48. The summed E-state index contributed by atoms with van der Waals surface area (Å²) in [5.41, 5.74) is 0. The first kappa shape index (κ1) is 11.7. The monoisotopic (exact) mass is 237 g/mol. The average molecular weight is 237 g/mol. The minimum absolute atomic E-state index is 0.311. The zero-order valence-electron chi connectivity index (χ0n) is 7.91. The molecule has 0 aliphatic heterocycles. The van der Waals surface area contributed by atoms with Gasteiger partial charge in [-0.05, 0) is 0 Å². The van der Waals surface area contributed by atoms with E-state index in [1.165, 1.54) is 0 Å². The van der Waals surface area contributed by atoms with Gasteiger partial charge >= 0.3 is 13.7 Å². The van der Waals surface area contributed by atoms with E-state index in [-0.39, 0.29) is 5.95 Å². The van der Waals surface area contributed by atoms with Crippen molar-refractivity contribution in [1.29, 1.82) is 0 Å². The van der Waals surface area contributed by atoms with Gasteiger partial charge in [-0.1, -0.05) is 0 Å². The fraction of sp³-hybridized carbons (Fsp3) is 0.333. The van der Waals surface area contributed by atoms with Gasteiger partial charge in [0.25, 0.3) is 5.95 Å². The molecule has 0 saturated carbocycles. The Hall–Kier alpha value is -1.37. The molecule has 84 valence electrons. The summed E-state index contributed by atoms with van der Waals surface area (Å²) in [6.45, 7) is 0. The zero-order valence-corrected chi connectivity index (χ0v) is 8.80. The number of nitro groups is 1. The maximum atomic E-state index is 11.4. The fourth-order valence-corrected chi connectivity index (χ4v) is 1.33. The Bertz CT molecular complexity index is 392. The zero-order chi connectivity index (χ0) is 11.5. The van der Waals surface area contributed by atoms with Gasteiger partial charge in [0.2, 0.25) is 0 Å². The third kappa shape index (κ3) is 2.79. The molecule has 9 heteroatoms. The van der Waals surface area contributed by atoms with Crippen LogP contribution in [0.5, 0.6) is 5.95 Å². The van der Waals surface area contributed by atoms with Gasteiger partial charge in [0.05, 0.1) is 6.07 Å². The Kier molecular flexibility index (Phi) is 3.46. The Morgan fingerprint density at radius 1 is 1.40 bits per heavy atom. The minimum Gasteiger partial charge on any atom is -0.370 e. The van der Waals surface area contributed by atoms with Gasteiger partial charge < -0.3 is 8.94 Å². The van der Waals surface area contributed by atoms with E-state index in [0.29, 0.717) is 0 Å². The Morgan fingerprint density at radius 3 is 2.40 bits per heavy atom. The van der Waals surface area contributed by atoms with Crippen molar-refractivity contribution in [2.45, 2.75) is 0 Å². The smallest absolute Gasteiger partial charge is 0.370 e. The molecule has 15 heavy (non-hydrogen) atoms. The Morgan fingerprint density at radius 2 is 2.00 bits per heavy atom. The van der Waals surface area contributed by atoms with E-state index < -0.39 is 18.6 Å². The molecule has 8 nitrogen and oxygen atoms in total. The van der Waals surface area contributed by atoms with Gasteiger partial charge in [0.15, 0.2) is 0 Å². The minimum atomic E-state index is -3.74. The molecule has 0 unspecified atom stereocenters. The van der Waals surface area contributed by atoms with E-state index in [1.54, 1.807) is 0 Å². The van der Waals surface area contributed by atoms with Gasteiger partial charge in [-0.25, -0.2) is 4.57 Å². The third-order valence-corrected chi connectivity index (χ3v) is 2.69. The van der Waals surface area contributed by atoms with Crippen molar-refractivity contribution in [2.24, 2.45) is 0 Å². The third-order valence-electron chi connectivity index (χ3n) is 1.40. The molecule has 1 heterocycles. The molecule has 0 fully saturated rings. The SMILES string of the molecule is COP(=O)(OC)Oc1ccc([N+](=O)[O-])o1. The fourth-order valence-electron chi connectivity index (χ4n) is 0.717. The first-order valence-electron chi connectivity index (χ1n) is 3.66. The number of nitrogens with zero attached hydrogens (tertiary/aromatic N) is 1. The van der Waals surface area contributed by atoms with E-state index in [0.717, 1.165) is 26.4 Å². The van der Waals surface area contributed by atoms with Crippen LogP contribution >= 0.6 is 7.82 Å². The Balaban J connectivity index is 2.81. The van der Waals surface area contributed by atoms with Gasteiger partial charge in [-0.3, -0.25) is 19.2 Å². The van der Waals surface area contributed by atoms with Crippen LogP contribution in [-0.4, -0.2) is 19.1 Å². The summed E-state index contributed by atoms with van der Waals surface area (Å²) in [7, 11) is -1.51. The molecule has 0 atom stereocenters. The molecule has 0 saturated heterocycles. The molecular formula is C6H8NO7P. The lowest BCUT2D eigenvalue weighted by Crippen LogP contribution is -1.96. The normalized spacial score (nSPS) is 11.3. The summed E-state index contributed by atoms with van der Waals surface area (Å²) in [5.74, 6) is -0.836. The lowest BCUT2D eigenvalue weighted by molar-refractivity contribution is -0.402. The van der Waals surface area contributed by atoms with Crippen LogP contribution in [0.25, 0.3) is 0 Å². The van der Waals surface area contributed by atoms with Crippen LogP contribution < -0.4 is 4.52 Å². The maximum Gasteiger partial charge on any atom is 0.531 e. The first-order chi connectivity index (χ1) is 7.00. The molecule has 0 aromatic carbocycles. The molecule has 1 aromatic rings. The van der Waals surface area contributed by atoms with Crippen LogP contribution in [0, 0.1) is 10.1 Å². The number of hydrogen-bond acceptors (Lipinski definition) is 7. The summed E-state index contributed by atoms with van der Waals surface area (Å²) in [4.78, 5) is 9.49. The van der Waals surface area contributed by atoms with Crippen molar-refractivity contribution in [2.75, 3.05) is 14.2 Å². The van der Waals surface area contributed by atoms with Crippen molar-refractivity contribution in [1.82, 2.24) is 0 Å². The molecule has 0 radical (unpaired) electrons. The van der Waals surface area contributed by atoms with Gasteiger partial charge in [-0.15, -0.1) is 0 Å². The van der Waals surface area contributed by atoms with Crippen LogP contribution in [0.3, 0.4) is 0 Å². The predicted octanol–water partition coefficient (Wildman–Crippen LogP) is 1.97. The molecular weight excluding hydrogens is 229 g/mol. The summed E-state index contributed by atoms with van der Waals surface area (Å²) < 4.78 is 29.5. The number of rotatable bonds is 5. The Labute approximate surface area is 84.5 Å². The van der Waals surface area contributed by atoms with Crippen molar-refractivity contribution < 1.29 is 27.5 Å². The average Bonchev–Trinajstić information content (AvgIpc) is 2.66. The van der Waals surface area contributed by atoms with Crippen molar-refractivity contribution in [3.05, 3.63) is 22.2 Å². The second-order valence-electron chi connectivity index (χ2n) is 2.25. The molecule has 0 bridgehead atoms. The number of phosphoric acid groups is 1. The van der Waals surface area contributed by atoms with Crippen LogP contribution in [-0.2, 0) is 13.6 Å². The van der Waals surface area contributed by atoms with Gasteiger partial charge in [-0.2, -0.15) is 0 Å². The molecule has 1 aromatic heterocycles. The van der Waals surface area contributed by atoms with E-state index in [4.69, 9.17) is 0 Å². The predicted molar refractivity (Wildman–Crippen MR) is 47.6 cm³/mol. The van der Waals surface area contributed by atoms with Gasteiger partial charge in [0, 0.05) is 20.3 Å². The first-order valence-corrected chi connectivity index (χ1v) is 5.12. The lowest BCUT2D eigenvalue weighted by Gasteiger charge is -2.10. The molecule has 0 N–H and O–H groups in total. The van der Waals surface area contributed by atoms with Crippen LogP contribution in [0.2, 0.25) is 0 Å². The second kappa shape index (κ2) is 4.43. The second-order valence-corrected chi connectivity index (χ2v) is 4.06. The molecule has 0 amide bonds. The number of hydrogen-bond donors (Lipinski definition) is 0. The van der Waals surface area contributed by atoms with Crippen molar-refractivity contribution in [3.8, 4) is 5.95 Å². The van der Waals surface area contributed by atoms with Crippen LogP contribution in [0.15, 0.2) is 16.5 Å².